The Labute approximate surface area is 185 Å². The molecule has 2 saturated heterocycles. The van der Waals surface area contributed by atoms with E-state index in [1.165, 1.54) is 0 Å². The first-order chi connectivity index (χ1) is 14.8. The summed E-state index contributed by atoms with van der Waals surface area (Å²) in [5.41, 5.74) is 8.15. The third-order valence-electron chi connectivity index (χ3n) is 6.00. The van der Waals surface area contributed by atoms with Gasteiger partial charge in [0.05, 0.1) is 40.7 Å². The number of nitrogens with zero attached hydrogens (tertiary/aromatic N) is 3. The molecular formula is C23H26N4O3S. The van der Waals surface area contributed by atoms with Crippen LogP contribution in [0, 0.1) is 11.3 Å². The number of fused-ring (bicyclic) bond motifs is 1. The molecule has 3 heterocycles. The highest BCUT2D eigenvalue weighted by Crippen LogP contribution is 2.37. The molecule has 31 heavy (non-hydrogen) atoms. The molecule has 0 saturated carbocycles. The summed E-state index contributed by atoms with van der Waals surface area (Å²) in [5.74, 6) is 0.742. The minimum Gasteiger partial charge on any atom is -0.376 e. The Hall–Kier alpha value is -2.63. The predicted octanol–water partition coefficient (Wildman–Crippen LogP) is 2.97. The van der Waals surface area contributed by atoms with Gasteiger partial charge in [0, 0.05) is 17.7 Å². The van der Waals surface area contributed by atoms with E-state index in [1.54, 1.807) is 22.7 Å². The fraction of sp³-hybridized carbons (Fsp3) is 0.478. The zero-order valence-corrected chi connectivity index (χ0v) is 18.6. The molecule has 2 aromatic rings. The summed E-state index contributed by atoms with van der Waals surface area (Å²) in [6, 6.07) is 9.31. The summed E-state index contributed by atoms with van der Waals surface area (Å²) in [4.78, 5) is 31.1. The van der Waals surface area contributed by atoms with Crippen molar-refractivity contribution < 1.29 is 14.3 Å². The summed E-state index contributed by atoms with van der Waals surface area (Å²) in [6.07, 6.45) is 1.86. The van der Waals surface area contributed by atoms with Crippen molar-refractivity contribution in [3.63, 3.8) is 0 Å². The molecule has 2 aliphatic rings. The van der Waals surface area contributed by atoms with Gasteiger partial charge in [0.15, 0.2) is 0 Å². The zero-order chi connectivity index (χ0) is 22.2. The largest absolute Gasteiger partial charge is 0.376 e. The minimum atomic E-state index is -0.544. The highest BCUT2D eigenvalue weighted by molar-refractivity contribution is 7.99. The minimum absolute atomic E-state index is 0.0326. The van der Waals surface area contributed by atoms with Gasteiger partial charge in [-0.25, -0.2) is 0 Å². The molecule has 2 N–H and O–H groups in total. The Morgan fingerprint density at radius 2 is 2.19 bits per heavy atom. The topological polar surface area (TPSA) is 109 Å². The fourth-order valence-corrected chi connectivity index (χ4v) is 5.52. The second-order valence-corrected chi connectivity index (χ2v) is 9.78. The van der Waals surface area contributed by atoms with Crippen LogP contribution in [0.2, 0.25) is 0 Å². The molecule has 8 heteroatoms. The molecule has 1 aromatic carbocycles. The number of amides is 2. The van der Waals surface area contributed by atoms with Crippen molar-refractivity contribution in [2.75, 3.05) is 18.2 Å². The molecule has 2 amide bonds. The second-order valence-electron chi connectivity index (χ2n) is 8.78. The number of thioether (sulfide) groups is 1. The molecule has 0 radical (unpaired) electrons. The number of nitrogens with two attached hydrogens (primary N) is 1. The number of ether oxygens (including phenoxy) is 1. The lowest BCUT2D eigenvalue weighted by Gasteiger charge is -2.35. The average molecular weight is 439 g/mol. The van der Waals surface area contributed by atoms with E-state index in [1.807, 2.05) is 18.2 Å². The maximum atomic E-state index is 12.7. The molecule has 0 bridgehead atoms. The van der Waals surface area contributed by atoms with Crippen molar-refractivity contribution in [3.05, 3.63) is 41.1 Å². The number of nitriles is 1. The van der Waals surface area contributed by atoms with Crippen LogP contribution in [0.4, 0.5) is 0 Å². The van der Waals surface area contributed by atoms with Crippen LogP contribution in [0.5, 0.6) is 0 Å². The van der Waals surface area contributed by atoms with Crippen LogP contribution in [0.3, 0.4) is 0 Å². The molecule has 162 valence electrons. The third kappa shape index (κ3) is 4.53. The highest BCUT2D eigenvalue weighted by Gasteiger charge is 2.31. The van der Waals surface area contributed by atoms with Crippen molar-refractivity contribution in [2.45, 2.75) is 50.7 Å². The van der Waals surface area contributed by atoms with Gasteiger partial charge in [0.1, 0.15) is 6.04 Å². The summed E-state index contributed by atoms with van der Waals surface area (Å²) < 4.78 is 5.83. The lowest BCUT2D eigenvalue weighted by molar-refractivity contribution is -0.130. The average Bonchev–Trinajstić information content (AvgIpc) is 3.21. The van der Waals surface area contributed by atoms with E-state index < -0.39 is 11.9 Å². The lowest BCUT2D eigenvalue weighted by atomic mass is 9.83. The Balaban J connectivity index is 1.65. The van der Waals surface area contributed by atoms with Crippen molar-refractivity contribution in [2.24, 2.45) is 5.73 Å². The number of primary amides is 1. The van der Waals surface area contributed by atoms with Crippen LogP contribution in [-0.2, 0) is 16.0 Å². The highest BCUT2D eigenvalue weighted by atomic mass is 32.2. The van der Waals surface area contributed by atoms with E-state index in [0.717, 1.165) is 18.4 Å². The number of aromatic nitrogens is 1. The van der Waals surface area contributed by atoms with E-state index in [-0.39, 0.29) is 17.9 Å². The quantitative estimate of drug-likeness (QED) is 0.786. The van der Waals surface area contributed by atoms with Gasteiger partial charge in [-0.15, -0.1) is 11.8 Å². The van der Waals surface area contributed by atoms with Crippen LogP contribution >= 0.6 is 11.8 Å². The molecule has 4 rings (SSSR count). The molecular weight excluding hydrogens is 412 g/mol. The Bertz CT molecular complexity index is 1080. The summed E-state index contributed by atoms with van der Waals surface area (Å²) in [7, 11) is 0. The van der Waals surface area contributed by atoms with Crippen LogP contribution < -0.4 is 5.73 Å². The van der Waals surface area contributed by atoms with Crippen molar-refractivity contribution in [3.8, 4) is 6.07 Å². The monoisotopic (exact) mass is 438 g/mol. The molecule has 2 aliphatic heterocycles. The van der Waals surface area contributed by atoms with E-state index in [2.05, 4.69) is 24.9 Å². The maximum Gasteiger partial charge on any atom is 0.249 e. The van der Waals surface area contributed by atoms with Crippen LogP contribution in [0.1, 0.15) is 54.2 Å². The van der Waals surface area contributed by atoms with Gasteiger partial charge in [-0.2, -0.15) is 5.26 Å². The summed E-state index contributed by atoms with van der Waals surface area (Å²) >= 11 is 1.56. The van der Waals surface area contributed by atoms with Crippen LogP contribution in [0.25, 0.3) is 10.9 Å². The van der Waals surface area contributed by atoms with Crippen molar-refractivity contribution >= 4 is 34.5 Å². The Kier molecular flexibility index (Phi) is 5.91. The van der Waals surface area contributed by atoms with Gasteiger partial charge in [-0.1, -0.05) is 6.07 Å². The molecule has 2 fully saturated rings. The zero-order valence-electron chi connectivity index (χ0n) is 17.8. The first-order valence-electron chi connectivity index (χ1n) is 10.4. The molecule has 0 aliphatic carbocycles. The SMILES string of the molecule is CC1(C)C[C@H](c2ccc3nc(CC(=O)N4CSC[C@H]4C#N)cc(C(N)=O)c3c2)CCO1. The molecule has 7 nitrogen and oxygen atoms in total. The molecule has 0 spiro atoms. The standard InChI is InChI=1S/C23H26N4O3S/c1-23(2)10-15(5-6-30-23)14-3-4-20-18(7-14)19(22(25)29)8-16(26-20)9-21(28)27-13-31-12-17(27)11-24/h3-4,7-8,15,17H,5-6,9-10,12-13H2,1-2H3,(H2,25,29)/t15-,17-/m1/s1. The second kappa shape index (κ2) is 8.48. The first-order valence-corrected chi connectivity index (χ1v) is 11.6. The normalized spacial score (nSPS) is 22.9. The number of hydrogen-bond acceptors (Lipinski definition) is 6. The predicted molar refractivity (Wildman–Crippen MR) is 120 cm³/mol. The maximum absolute atomic E-state index is 12.7. The number of rotatable bonds is 4. The van der Waals surface area contributed by atoms with Gasteiger partial charge in [0.2, 0.25) is 11.8 Å². The number of carbonyl (C=O) groups excluding carboxylic acids is 2. The number of benzene rings is 1. The summed E-state index contributed by atoms with van der Waals surface area (Å²) in [5, 5.41) is 9.94. The number of hydrogen-bond donors (Lipinski definition) is 1. The van der Waals surface area contributed by atoms with Gasteiger partial charge >= 0.3 is 0 Å². The summed E-state index contributed by atoms with van der Waals surface area (Å²) in [6.45, 7) is 4.89. The van der Waals surface area contributed by atoms with Gasteiger partial charge in [-0.05, 0) is 56.4 Å². The van der Waals surface area contributed by atoms with E-state index in [4.69, 9.17) is 10.5 Å². The fourth-order valence-electron chi connectivity index (χ4n) is 4.41. The number of carbonyl (C=O) groups is 2. The van der Waals surface area contributed by atoms with Crippen LogP contribution in [0.15, 0.2) is 24.3 Å². The first kappa shape index (κ1) is 21.6. The smallest absolute Gasteiger partial charge is 0.249 e. The van der Waals surface area contributed by atoms with Gasteiger partial charge in [-0.3, -0.25) is 14.6 Å². The van der Waals surface area contributed by atoms with Gasteiger partial charge < -0.3 is 15.4 Å². The number of pyridine rings is 1. The third-order valence-corrected chi connectivity index (χ3v) is 7.02. The van der Waals surface area contributed by atoms with Crippen molar-refractivity contribution in [1.82, 2.24) is 9.88 Å². The molecule has 1 aromatic heterocycles. The van der Waals surface area contributed by atoms with E-state index in [0.29, 0.717) is 46.3 Å². The Morgan fingerprint density at radius 3 is 2.90 bits per heavy atom. The Morgan fingerprint density at radius 1 is 1.39 bits per heavy atom. The van der Waals surface area contributed by atoms with Crippen molar-refractivity contribution in [1.29, 1.82) is 5.26 Å². The lowest BCUT2D eigenvalue weighted by Crippen LogP contribution is -2.36. The van der Waals surface area contributed by atoms with E-state index >= 15 is 0 Å². The van der Waals surface area contributed by atoms with Gasteiger partial charge in [0.25, 0.3) is 0 Å². The van der Waals surface area contributed by atoms with E-state index in [9.17, 15) is 14.9 Å². The molecule has 2 atom stereocenters. The van der Waals surface area contributed by atoms with Crippen LogP contribution in [-0.4, -0.2) is 51.6 Å². The molecule has 0 unspecified atom stereocenters.